The van der Waals surface area contributed by atoms with E-state index in [9.17, 15) is 0 Å². The maximum absolute atomic E-state index is 4.28. The first-order valence-corrected chi connectivity index (χ1v) is 8.96. The van der Waals surface area contributed by atoms with Crippen LogP contribution in [0.3, 0.4) is 0 Å². The number of nitrogens with zero attached hydrogens (tertiary/aromatic N) is 2. The zero-order valence-electron chi connectivity index (χ0n) is 14.8. The highest BCUT2D eigenvalue weighted by Crippen LogP contribution is 2.27. The minimum Gasteiger partial charge on any atom is -0.303 e. The molecule has 22 heavy (non-hydrogen) atoms. The third kappa shape index (κ3) is 8.99. The average Bonchev–Trinajstić information content (AvgIpc) is 3.04. The number of hydrogen-bond donors (Lipinski definition) is 0. The van der Waals surface area contributed by atoms with Crippen LogP contribution in [0.25, 0.3) is 0 Å². The summed E-state index contributed by atoms with van der Waals surface area (Å²) in [6.45, 7) is 10.0. The Labute approximate surface area is 137 Å². The summed E-state index contributed by atoms with van der Waals surface area (Å²) in [5.41, 5.74) is 1.25. The largest absolute Gasteiger partial charge is 0.303 e. The maximum atomic E-state index is 4.28. The van der Waals surface area contributed by atoms with Crippen molar-refractivity contribution >= 4 is 6.21 Å². The van der Waals surface area contributed by atoms with Crippen molar-refractivity contribution in [2.24, 2.45) is 10.9 Å². The third-order valence-corrected chi connectivity index (χ3v) is 4.44. The molecular formula is C20H34N2. The van der Waals surface area contributed by atoms with Crippen molar-refractivity contribution < 1.29 is 0 Å². The molecule has 1 aliphatic rings. The molecule has 1 aliphatic carbocycles. The summed E-state index contributed by atoms with van der Waals surface area (Å²) in [5.74, 6) is 1.00. The van der Waals surface area contributed by atoms with E-state index in [1.165, 1.54) is 57.3 Å². The normalized spacial score (nSPS) is 17.9. The lowest BCUT2D eigenvalue weighted by Crippen LogP contribution is -2.26. The molecule has 2 nitrogen and oxygen atoms in total. The van der Waals surface area contributed by atoms with E-state index in [0.717, 1.165) is 12.3 Å². The summed E-state index contributed by atoms with van der Waals surface area (Å²) in [4.78, 5) is 6.87. The van der Waals surface area contributed by atoms with E-state index in [0.29, 0.717) is 0 Å². The lowest BCUT2D eigenvalue weighted by atomic mass is 10.0. The van der Waals surface area contributed by atoms with Gasteiger partial charge >= 0.3 is 0 Å². The highest BCUT2D eigenvalue weighted by atomic mass is 15.1. The Kier molecular flexibility index (Phi) is 10.7. The summed E-state index contributed by atoms with van der Waals surface area (Å²) in [6.07, 6.45) is 20.4. The molecule has 0 N–H and O–H groups in total. The lowest BCUT2D eigenvalue weighted by molar-refractivity contribution is 0.268. The maximum Gasteiger partial charge on any atom is 0.0293 e. The molecule has 0 aromatic carbocycles. The second-order valence-corrected chi connectivity index (χ2v) is 6.26. The fourth-order valence-electron chi connectivity index (χ4n) is 2.99. The van der Waals surface area contributed by atoms with Gasteiger partial charge in [-0.2, -0.15) is 0 Å². The Morgan fingerprint density at radius 3 is 2.64 bits per heavy atom. The summed E-state index contributed by atoms with van der Waals surface area (Å²) >= 11 is 0. The minimum absolute atomic E-state index is 1.00. The van der Waals surface area contributed by atoms with Crippen molar-refractivity contribution in [2.75, 3.05) is 19.6 Å². The first-order valence-electron chi connectivity index (χ1n) is 8.96. The van der Waals surface area contributed by atoms with Crippen LogP contribution >= 0.6 is 0 Å². The Hall–Kier alpha value is -1.15. The molecule has 0 atom stereocenters. The summed E-state index contributed by atoms with van der Waals surface area (Å²) in [5, 5.41) is 0. The lowest BCUT2D eigenvalue weighted by Gasteiger charge is -2.21. The van der Waals surface area contributed by atoms with Crippen molar-refractivity contribution in [1.29, 1.82) is 0 Å². The standard InChI is InChI=1S/C20H34N2/c1-4-6-9-15-21-18-19(3)11-10-16-22(5-2)17-14-20-12-7-8-13-20/h4,6,9,11,15,18,20H,5,7-8,10,12-14,16-17H2,1-3H3/b6-4+,15-9+,19-11-,21-18-. The Balaban J connectivity index is 2.21. The Morgan fingerprint density at radius 1 is 1.18 bits per heavy atom. The topological polar surface area (TPSA) is 15.6 Å². The van der Waals surface area contributed by atoms with Gasteiger partial charge in [0.05, 0.1) is 0 Å². The molecule has 1 saturated carbocycles. The molecule has 0 radical (unpaired) electrons. The van der Waals surface area contributed by atoms with Gasteiger partial charge in [-0.25, -0.2) is 0 Å². The van der Waals surface area contributed by atoms with E-state index < -0.39 is 0 Å². The molecule has 0 saturated heterocycles. The summed E-state index contributed by atoms with van der Waals surface area (Å²) in [6, 6.07) is 0. The molecule has 0 aliphatic heterocycles. The summed E-state index contributed by atoms with van der Waals surface area (Å²) < 4.78 is 0. The molecule has 0 heterocycles. The van der Waals surface area contributed by atoms with E-state index in [-0.39, 0.29) is 0 Å². The molecule has 0 unspecified atom stereocenters. The zero-order chi connectivity index (χ0) is 16.0. The first-order chi connectivity index (χ1) is 10.8. The van der Waals surface area contributed by atoms with Gasteiger partial charge < -0.3 is 4.90 Å². The minimum atomic E-state index is 1.00. The van der Waals surface area contributed by atoms with Crippen molar-refractivity contribution in [3.05, 3.63) is 36.1 Å². The Morgan fingerprint density at radius 2 is 1.95 bits per heavy atom. The van der Waals surface area contributed by atoms with E-state index >= 15 is 0 Å². The molecule has 124 valence electrons. The van der Waals surface area contributed by atoms with Crippen LogP contribution < -0.4 is 0 Å². The van der Waals surface area contributed by atoms with Crippen LogP contribution in [-0.4, -0.2) is 30.7 Å². The molecule has 2 heteroatoms. The van der Waals surface area contributed by atoms with Gasteiger partial charge in [0, 0.05) is 19.0 Å². The van der Waals surface area contributed by atoms with Crippen LogP contribution in [0.2, 0.25) is 0 Å². The SMILES string of the molecule is C/C=C/C=C/N=C\C(C)=C/CCN(CC)CCC1CCCC1. The second kappa shape index (κ2) is 12.4. The molecule has 0 amide bonds. The van der Waals surface area contributed by atoms with Crippen LogP contribution in [0.4, 0.5) is 0 Å². The quantitative estimate of drug-likeness (QED) is 0.390. The summed E-state index contributed by atoms with van der Waals surface area (Å²) in [7, 11) is 0. The molecule has 0 aromatic heterocycles. The van der Waals surface area contributed by atoms with E-state index in [1.54, 1.807) is 0 Å². The van der Waals surface area contributed by atoms with Gasteiger partial charge in [0.2, 0.25) is 0 Å². The fraction of sp³-hybridized carbons (Fsp3) is 0.650. The smallest absolute Gasteiger partial charge is 0.0293 e. The predicted molar refractivity (Wildman–Crippen MR) is 99.5 cm³/mol. The van der Waals surface area contributed by atoms with Crippen LogP contribution in [0, 0.1) is 5.92 Å². The monoisotopic (exact) mass is 302 g/mol. The molecule has 1 rings (SSSR count). The van der Waals surface area contributed by atoms with Crippen LogP contribution in [0.1, 0.15) is 59.3 Å². The molecule has 0 bridgehead atoms. The predicted octanol–water partition coefficient (Wildman–Crippen LogP) is 5.39. The van der Waals surface area contributed by atoms with Crippen LogP contribution in [0.5, 0.6) is 0 Å². The van der Waals surface area contributed by atoms with Gasteiger partial charge in [0.15, 0.2) is 0 Å². The number of aliphatic imine (C=N–C) groups is 1. The van der Waals surface area contributed by atoms with Crippen LogP contribution in [0.15, 0.2) is 41.1 Å². The van der Waals surface area contributed by atoms with Gasteiger partial charge in [-0.15, -0.1) is 0 Å². The van der Waals surface area contributed by atoms with Crippen molar-refractivity contribution in [2.45, 2.75) is 59.3 Å². The molecular weight excluding hydrogens is 268 g/mol. The molecule has 0 aromatic rings. The first kappa shape index (κ1) is 18.9. The number of hydrogen-bond acceptors (Lipinski definition) is 2. The second-order valence-electron chi connectivity index (χ2n) is 6.26. The van der Waals surface area contributed by atoms with E-state index in [2.05, 4.69) is 29.8 Å². The Bertz CT molecular complexity index is 385. The van der Waals surface area contributed by atoms with Crippen molar-refractivity contribution in [3.63, 3.8) is 0 Å². The highest BCUT2D eigenvalue weighted by molar-refractivity contribution is 5.78. The van der Waals surface area contributed by atoms with E-state index in [1.807, 2.05) is 37.6 Å². The number of allylic oxidation sites excluding steroid dienone is 4. The highest BCUT2D eigenvalue weighted by Gasteiger charge is 2.15. The van der Waals surface area contributed by atoms with Gasteiger partial charge in [-0.3, -0.25) is 4.99 Å². The van der Waals surface area contributed by atoms with Gasteiger partial charge in [-0.05, 0) is 57.3 Å². The zero-order valence-corrected chi connectivity index (χ0v) is 14.8. The van der Waals surface area contributed by atoms with Crippen LogP contribution in [-0.2, 0) is 0 Å². The fourth-order valence-corrected chi connectivity index (χ4v) is 2.99. The third-order valence-electron chi connectivity index (χ3n) is 4.44. The molecule has 1 fully saturated rings. The molecule has 0 spiro atoms. The van der Waals surface area contributed by atoms with Crippen molar-refractivity contribution in [3.8, 4) is 0 Å². The van der Waals surface area contributed by atoms with Gasteiger partial charge in [-0.1, -0.05) is 50.8 Å². The van der Waals surface area contributed by atoms with E-state index in [4.69, 9.17) is 0 Å². The van der Waals surface area contributed by atoms with Crippen molar-refractivity contribution in [1.82, 2.24) is 4.90 Å². The van der Waals surface area contributed by atoms with Gasteiger partial charge in [0.1, 0.15) is 0 Å². The average molecular weight is 303 g/mol. The number of rotatable bonds is 10. The van der Waals surface area contributed by atoms with Gasteiger partial charge in [0.25, 0.3) is 0 Å².